The predicted octanol–water partition coefficient (Wildman–Crippen LogP) is 3.49. The molecule has 2 aromatic rings. The molecule has 0 bridgehead atoms. The maximum Gasteiger partial charge on any atom is 0.433 e. The van der Waals surface area contributed by atoms with Crippen molar-refractivity contribution in [3.8, 4) is 11.8 Å². The van der Waals surface area contributed by atoms with Crippen LogP contribution in [0.1, 0.15) is 18.1 Å². The monoisotopic (exact) mass is 338 g/mol. The van der Waals surface area contributed by atoms with Gasteiger partial charge in [-0.3, -0.25) is 0 Å². The zero-order chi connectivity index (χ0) is 18.0. The van der Waals surface area contributed by atoms with E-state index in [1.165, 1.54) is 36.4 Å². The van der Waals surface area contributed by atoms with E-state index in [2.05, 4.69) is 0 Å². The van der Waals surface area contributed by atoms with Crippen LogP contribution in [0, 0.1) is 17.7 Å². The molecule has 2 rings (SSSR count). The average Bonchev–Trinajstić information content (AvgIpc) is 2.52. The summed E-state index contributed by atoms with van der Waals surface area (Å²) in [7, 11) is 0. The van der Waals surface area contributed by atoms with Crippen LogP contribution in [0.4, 0.5) is 17.6 Å². The van der Waals surface area contributed by atoms with E-state index in [4.69, 9.17) is 0 Å². The largest absolute Gasteiger partial charge is 0.433 e. The summed E-state index contributed by atoms with van der Waals surface area (Å²) < 4.78 is 53.8. The first-order valence-electron chi connectivity index (χ1n) is 6.94. The van der Waals surface area contributed by atoms with Crippen molar-refractivity contribution in [3.63, 3.8) is 0 Å². The molecule has 24 heavy (non-hydrogen) atoms. The van der Waals surface area contributed by atoms with Crippen LogP contribution in [0.3, 0.4) is 0 Å². The van der Waals surface area contributed by atoms with Gasteiger partial charge in [-0.1, -0.05) is 60.4 Å². The van der Waals surface area contributed by atoms with Gasteiger partial charge in [0.2, 0.25) is 5.60 Å². The molecule has 0 aliphatic heterocycles. The van der Waals surface area contributed by atoms with E-state index in [0.717, 1.165) is 25.1 Å². The van der Waals surface area contributed by atoms with Crippen LogP contribution in [0.5, 0.6) is 0 Å². The molecular formula is C18H14F4O2. The van der Waals surface area contributed by atoms with Crippen LogP contribution >= 0.6 is 0 Å². The van der Waals surface area contributed by atoms with Crippen molar-refractivity contribution < 1.29 is 27.8 Å². The number of hydrogen-bond donors (Lipinski definition) is 2. The first-order valence-corrected chi connectivity index (χ1v) is 6.94. The lowest BCUT2D eigenvalue weighted by Crippen LogP contribution is -2.41. The lowest BCUT2D eigenvalue weighted by atomic mass is 9.90. The highest BCUT2D eigenvalue weighted by molar-refractivity contribution is 5.38. The van der Waals surface area contributed by atoms with Gasteiger partial charge in [0.1, 0.15) is 5.82 Å². The van der Waals surface area contributed by atoms with E-state index in [9.17, 15) is 27.8 Å². The average molecular weight is 338 g/mol. The van der Waals surface area contributed by atoms with Gasteiger partial charge < -0.3 is 10.2 Å². The minimum atomic E-state index is -5.10. The van der Waals surface area contributed by atoms with Gasteiger partial charge in [-0.2, -0.15) is 13.2 Å². The van der Waals surface area contributed by atoms with E-state index in [-0.39, 0.29) is 5.56 Å². The summed E-state index contributed by atoms with van der Waals surface area (Å²) in [6.07, 6.45) is -5.10. The highest BCUT2D eigenvalue weighted by Gasteiger charge is 2.54. The fourth-order valence-corrected chi connectivity index (χ4v) is 2.12. The summed E-state index contributed by atoms with van der Waals surface area (Å²) in [5.74, 6) is 2.83. The van der Waals surface area contributed by atoms with Gasteiger partial charge in [-0.05, 0) is 13.0 Å². The van der Waals surface area contributed by atoms with E-state index < -0.39 is 28.8 Å². The Kier molecular flexibility index (Phi) is 4.70. The SMILES string of the molecule is C[C@](O)(C#C[C@@](O)(c1ccccc1)C(F)(F)F)c1ccccc1F. The van der Waals surface area contributed by atoms with Gasteiger partial charge in [-0.25, -0.2) is 4.39 Å². The summed E-state index contributed by atoms with van der Waals surface area (Å²) in [5.41, 5.74) is -6.47. The maximum atomic E-state index is 13.7. The van der Waals surface area contributed by atoms with E-state index >= 15 is 0 Å². The van der Waals surface area contributed by atoms with Crippen LogP contribution in [-0.4, -0.2) is 16.4 Å². The second-order valence-electron chi connectivity index (χ2n) is 5.38. The molecule has 126 valence electrons. The van der Waals surface area contributed by atoms with Gasteiger partial charge in [0.25, 0.3) is 0 Å². The number of rotatable bonds is 2. The molecule has 0 fully saturated rings. The van der Waals surface area contributed by atoms with Crippen molar-refractivity contribution in [2.45, 2.75) is 24.3 Å². The first kappa shape index (κ1) is 18.0. The topological polar surface area (TPSA) is 40.5 Å². The van der Waals surface area contributed by atoms with E-state index in [1.54, 1.807) is 5.92 Å². The number of halogens is 4. The maximum absolute atomic E-state index is 13.7. The third-order valence-electron chi connectivity index (χ3n) is 3.49. The molecule has 0 aliphatic carbocycles. The molecule has 0 saturated carbocycles. The van der Waals surface area contributed by atoms with Crippen molar-refractivity contribution in [2.24, 2.45) is 0 Å². The number of hydrogen-bond acceptors (Lipinski definition) is 2. The smallest absolute Gasteiger partial charge is 0.374 e. The van der Waals surface area contributed by atoms with Gasteiger partial charge in [0.05, 0.1) is 0 Å². The third-order valence-corrected chi connectivity index (χ3v) is 3.49. The molecule has 0 unspecified atom stereocenters. The van der Waals surface area contributed by atoms with Crippen molar-refractivity contribution in [3.05, 3.63) is 71.5 Å². The summed E-state index contributed by atoms with van der Waals surface area (Å²) in [5, 5.41) is 20.3. The van der Waals surface area contributed by atoms with Crippen LogP contribution < -0.4 is 0 Å². The molecule has 0 aromatic heterocycles. The number of benzene rings is 2. The molecule has 0 saturated heterocycles. The van der Waals surface area contributed by atoms with Gasteiger partial charge in [-0.15, -0.1) is 0 Å². The zero-order valence-electron chi connectivity index (χ0n) is 12.6. The Balaban J connectivity index is 2.54. The fourth-order valence-electron chi connectivity index (χ4n) is 2.12. The van der Waals surface area contributed by atoms with Crippen LogP contribution in [0.2, 0.25) is 0 Å². The van der Waals surface area contributed by atoms with Crippen molar-refractivity contribution in [2.75, 3.05) is 0 Å². The molecule has 0 amide bonds. The molecule has 6 heteroatoms. The number of aliphatic hydroxyl groups is 2. The number of alkyl halides is 3. The molecule has 2 aromatic carbocycles. The van der Waals surface area contributed by atoms with E-state index in [1.807, 2.05) is 5.92 Å². The Morgan fingerprint density at radius 2 is 1.38 bits per heavy atom. The van der Waals surface area contributed by atoms with Crippen molar-refractivity contribution in [1.82, 2.24) is 0 Å². The molecule has 0 spiro atoms. The van der Waals surface area contributed by atoms with Crippen LogP contribution in [-0.2, 0) is 11.2 Å². The molecule has 0 aliphatic rings. The van der Waals surface area contributed by atoms with Gasteiger partial charge >= 0.3 is 6.18 Å². The Labute approximate surface area is 136 Å². The van der Waals surface area contributed by atoms with Gasteiger partial charge in [0, 0.05) is 11.1 Å². The summed E-state index contributed by atoms with van der Waals surface area (Å²) in [6, 6.07) is 11.3. The molecule has 0 heterocycles. The molecule has 2 N–H and O–H groups in total. The van der Waals surface area contributed by atoms with Crippen molar-refractivity contribution in [1.29, 1.82) is 0 Å². The fraction of sp³-hybridized carbons (Fsp3) is 0.222. The molecular weight excluding hydrogens is 324 g/mol. The Morgan fingerprint density at radius 3 is 1.92 bits per heavy atom. The summed E-state index contributed by atoms with van der Waals surface area (Å²) in [6.45, 7) is 1.06. The highest BCUT2D eigenvalue weighted by Crippen LogP contribution is 2.38. The van der Waals surface area contributed by atoms with Crippen molar-refractivity contribution >= 4 is 0 Å². The standard InChI is InChI=1S/C18H14F4O2/c1-16(23,14-9-5-6-10-15(14)19)11-12-17(24,18(20,21)22)13-7-3-2-4-8-13/h2-10,23-24H,1H3/t16-,17+/m0/s1. The summed E-state index contributed by atoms with van der Waals surface area (Å²) >= 11 is 0. The summed E-state index contributed by atoms with van der Waals surface area (Å²) in [4.78, 5) is 0. The lowest BCUT2D eigenvalue weighted by Gasteiger charge is -2.26. The Hall–Kier alpha value is -2.36. The Bertz CT molecular complexity index is 773. The molecule has 2 atom stereocenters. The first-order chi connectivity index (χ1) is 11.1. The molecule has 2 nitrogen and oxygen atoms in total. The quantitative estimate of drug-likeness (QED) is 0.650. The predicted molar refractivity (Wildman–Crippen MR) is 80.1 cm³/mol. The minimum Gasteiger partial charge on any atom is -0.374 e. The lowest BCUT2D eigenvalue weighted by molar-refractivity contribution is -0.240. The van der Waals surface area contributed by atoms with Crippen LogP contribution in [0.25, 0.3) is 0 Å². The molecule has 0 radical (unpaired) electrons. The minimum absolute atomic E-state index is 0.282. The van der Waals surface area contributed by atoms with Crippen LogP contribution in [0.15, 0.2) is 54.6 Å². The van der Waals surface area contributed by atoms with Gasteiger partial charge in [0.15, 0.2) is 5.60 Å². The second kappa shape index (κ2) is 6.27. The normalized spacial score (nSPS) is 16.5. The zero-order valence-corrected chi connectivity index (χ0v) is 12.6. The van der Waals surface area contributed by atoms with E-state index in [0.29, 0.717) is 0 Å². The third kappa shape index (κ3) is 3.42. The highest BCUT2D eigenvalue weighted by atomic mass is 19.4. The Morgan fingerprint density at radius 1 is 0.833 bits per heavy atom. The second-order valence-corrected chi connectivity index (χ2v) is 5.38.